The number of benzene rings is 1. The number of nitrogens with zero attached hydrogens (tertiary/aromatic N) is 3. The summed E-state index contributed by atoms with van der Waals surface area (Å²) >= 11 is 0. The van der Waals surface area contributed by atoms with E-state index in [-0.39, 0.29) is 18.4 Å². The minimum absolute atomic E-state index is 0. The molecule has 2 heterocycles. The minimum Gasteiger partial charge on any atom is -0.497 e. The van der Waals surface area contributed by atoms with Gasteiger partial charge in [0, 0.05) is 18.2 Å². The van der Waals surface area contributed by atoms with Crippen molar-refractivity contribution < 1.29 is 9.26 Å². The van der Waals surface area contributed by atoms with Gasteiger partial charge in [-0.1, -0.05) is 5.16 Å². The third-order valence-corrected chi connectivity index (χ3v) is 4.46. The fraction of sp³-hybridized carbons (Fsp3) is 0.529. The van der Waals surface area contributed by atoms with Crippen molar-refractivity contribution in [3.8, 4) is 17.1 Å². The average Bonchev–Trinajstić information content (AvgIpc) is 3.03. The quantitative estimate of drug-likeness (QED) is 0.891. The lowest BCUT2D eigenvalue weighted by atomic mass is 9.92. The summed E-state index contributed by atoms with van der Waals surface area (Å²) in [4.78, 5) is 6.86. The number of rotatable bonds is 5. The van der Waals surface area contributed by atoms with Crippen LogP contribution in [0.25, 0.3) is 11.4 Å². The molecule has 1 aromatic carbocycles. The van der Waals surface area contributed by atoms with Crippen molar-refractivity contribution in [3.05, 3.63) is 30.2 Å². The number of nitrogens with two attached hydrogens (primary N) is 1. The van der Waals surface area contributed by atoms with Crippen LogP contribution in [0.4, 0.5) is 0 Å². The molecule has 0 radical (unpaired) electrons. The van der Waals surface area contributed by atoms with Crippen LogP contribution in [0.5, 0.6) is 5.75 Å². The van der Waals surface area contributed by atoms with Crippen LogP contribution in [0.3, 0.4) is 0 Å². The van der Waals surface area contributed by atoms with Crippen LogP contribution in [-0.4, -0.2) is 41.3 Å². The molecule has 2 N–H and O–H groups in total. The lowest BCUT2D eigenvalue weighted by Crippen LogP contribution is -2.41. The second-order valence-electron chi connectivity index (χ2n) is 6.24. The van der Waals surface area contributed by atoms with E-state index in [1.807, 2.05) is 24.3 Å². The molecule has 0 saturated carbocycles. The number of hydrogen-bond donors (Lipinski definition) is 1. The summed E-state index contributed by atoms with van der Waals surface area (Å²) in [6.45, 7) is 4.83. The number of likely N-dealkylation sites (tertiary alicyclic amines) is 1. The van der Waals surface area contributed by atoms with Gasteiger partial charge >= 0.3 is 0 Å². The van der Waals surface area contributed by atoms with Gasteiger partial charge in [0.25, 0.3) is 0 Å². The number of piperidine rings is 1. The molecule has 1 saturated heterocycles. The van der Waals surface area contributed by atoms with Crippen molar-refractivity contribution >= 4 is 12.4 Å². The summed E-state index contributed by atoms with van der Waals surface area (Å²) in [6.07, 6.45) is 2.38. The Balaban J connectivity index is 0.00000208. The maximum Gasteiger partial charge on any atom is 0.241 e. The van der Waals surface area contributed by atoms with Crippen molar-refractivity contribution in [2.24, 2.45) is 11.7 Å². The van der Waals surface area contributed by atoms with Gasteiger partial charge in [-0.2, -0.15) is 4.98 Å². The molecule has 0 bridgehead atoms. The van der Waals surface area contributed by atoms with E-state index in [1.54, 1.807) is 7.11 Å². The largest absolute Gasteiger partial charge is 0.497 e. The SMILES string of the molecule is COc1ccc(-c2noc(CN3CCCC(C(C)N)C3)n2)cc1.Cl. The molecule has 2 atom stereocenters. The highest BCUT2D eigenvalue weighted by atomic mass is 35.5. The Morgan fingerprint density at radius 1 is 1.38 bits per heavy atom. The average molecular weight is 353 g/mol. The lowest BCUT2D eigenvalue weighted by Gasteiger charge is -2.33. The number of hydrogen-bond acceptors (Lipinski definition) is 6. The smallest absolute Gasteiger partial charge is 0.241 e. The zero-order chi connectivity index (χ0) is 16.2. The zero-order valence-corrected chi connectivity index (χ0v) is 15.0. The van der Waals surface area contributed by atoms with Crippen LogP contribution >= 0.6 is 12.4 Å². The molecule has 1 aliphatic heterocycles. The molecule has 6 nitrogen and oxygen atoms in total. The molecule has 24 heavy (non-hydrogen) atoms. The highest BCUT2D eigenvalue weighted by molar-refractivity contribution is 5.85. The van der Waals surface area contributed by atoms with Gasteiger partial charge in [-0.25, -0.2) is 0 Å². The highest BCUT2D eigenvalue weighted by Crippen LogP contribution is 2.22. The minimum atomic E-state index is 0. The third kappa shape index (κ3) is 4.47. The maximum absolute atomic E-state index is 6.04. The van der Waals surface area contributed by atoms with Crippen LogP contribution < -0.4 is 10.5 Å². The van der Waals surface area contributed by atoms with E-state index in [4.69, 9.17) is 15.0 Å². The fourth-order valence-corrected chi connectivity index (χ4v) is 3.03. The van der Waals surface area contributed by atoms with E-state index >= 15 is 0 Å². The monoisotopic (exact) mass is 352 g/mol. The predicted molar refractivity (Wildman–Crippen MR) is 95.2 cm³/mol. The van der Waals surface area contributed by atoms with Gasteiger partial charge < -0.3 is 15.0 Å². The Morgan fingerprint density at radius 2 is 2.12 bits per heavy atom. The van der Waals surface area contributed by atoms with Gasteiger partial charge in [0.1, 0.15) is 5.75 Å². The van der Waals surface area contributed by atoms with Crippen molar-refractivity contribution in [1.82, 2.24) is 15.0 Å². The second-order valence-corrected chi connectivity index (χ2v) is 6.24. The molecule has 7 heteroatoms. The Labute approximate surface area is 148 Å². The number of ether oxygens (including phenoxy) is 1. The topological polar surface area (TPSA) is 77.4 Å². The first-order valence-electron chi connectivity index (χ1n) is 8.10. The highest BCUT2D eigenvalue weighted by Gasteiger charge is 2.24. The third-order valence-electron chi connectivity index (χ3n) is 4.46. The lowest BCUT2D eigenvalue weighted by molar-refractivity contribution is 0.139. The Hall–Kier alpha value is -1.63. The molecular formula is C17H25ClN4O2. The summed E-state index contributed by atoms with van der Waals surface area (Å²) in [6, 6.07) is 7.88. The molecule has 3 rings (SSSR count). The summed E-state index contributed by atoms with van der Waals surface area (Å²) in [5.74, 6) is 2.63. The summed E-state index contributed by atoms with van der Waals surface area (Å²) in [7, 11) is 1.65. The first-order valence-corrected chi connectivity index (χ1v) is 8.10. The molecule has 1 fully saturated rings. The van der Waals surface area contributed by atoms with Gasteiger partial charge in [0.05, 0.1) is 13.7 Å². The molecule has 1 aromatic heterocycles. The van der Waals surface area contributed by atoms with Crippen LogP contribution in [0.1, 0.15) is 25.7 Å². The van der Waals surface area contributed by atoms with Gasteiger partial charge in [0.2, 0.25) is 11.7 Å². The first kappa shape index (κ1) is 18.7. The number of aromatic nitrogens is 2. The summed E-state index contributed by atoms with van der Waals surface area (Å²) in [5, 5.41) is 4.08. The van der Waals surface area contributed by atoms with Gasteiger partial charge in [0.15, 0.2) is 0 Å². The molecule has 2 unspecified atom stereocenters. The van der Waals surface area contributed by atoms with Crippen LogP contribution in [0, 0.1) is 5.92 Å². The number of halogens is 1. The Morgan fingerprint density at radius 3 is 2.79 bits per heavy atom. The normalized spacial score (nSPS) is 19.5. The van der Waals surface area contributed by atoms with E-state index < -0.39 is 0 Å². The Bertz CT molecular complexity index is 630. The molecule has 132 valence electrons. The van der Waals surface area contributed by atoms with E-state index in [0.29, 0.717) is 24.2 Å². The first-order chi connectivity index (χ1) is 11.2. The molecule has 2 aromatic rings. The van der Waals surface area contributed by atoms with E-state index in [0.717, 1.165) is 24.4 Å². The summed E-state index contributed by atoms with van der Waals surface area (Å²) in [5.41, 5.74) is 6.96. The molecule has 0 spiro atoms. The van der Waals surface area contributed by atoms with E-state index in [1.165, 1.54) is 12.8 Å². The molecule has 0 amide bonds. The standard InChI is InChI=1S/C17H24N4O2.ClH/c1-12(18)14-4-3-9-21(10-14)11-16-19-17(20-23-16)13-5-7-15(22-2)8-6-13;/h5-8,12,14H,3-4,9-11,18H2,1-2H3;1H. The van der Waals surface area contributed by atoms with Crippen LogP contribution in [-0.2, 0) is 6.54 Å². The van der Waals surface area contributed by atoms with Gasteiger partial charge in [-0.3, -0.25) is 4.90 Å². The van der Waals surface area contributed by atoms with Crippen LogP contribution in [0.2, 0.25) is 0 Å². The van der Waals surface area contributed by atoms with Crippen molar-refractivity contribution in [2.75, 3.05) is 20.2 Å². The van der Waals surface area contributed by atoms with E-state index in [9.17, 15) is 0 Å². The predicted octanol–water partition coefficient (Wildman–Crippen LogP) is 2.73. The zero-order valence-electron chi connectivity index (χ0n) is 14.1. The Kier molecular flexibility index (Phi) is 6.60. The fourth-order valence-electron chi connectivity index (χ4n) is 3.03. The summed E-state index contributed by atoms with van der Waals surface area (Å²) < 4.78 is 10.6. The van der Waals surface area contributed by atoms with Gasteiger partial charge in [-0.15, -0.1) is 12.4 Å². The van der Waals surface area contributed by atoms with Crippen molar-refractivity contribution in [2.45, 2.75) is 32.4 Å². The van der Waals surface area contributed by atoms with Gasteiger partial charge in [-0.05, 0) is 56.5 Å². The van der Waals surface area contributed by atoms with Crippen LogP contribution in [0.15, 0.2) is 28.8 Å². The van der Waals surface area contributed by atoms with Crippen molar-refractivity contribution in [1.29, 1.82) is 0 Å². The number of methoxy groups -OCH3 is 1. The van der Waals surface area contributed by atoms with E-state index in [2.05, 4.69) is 22.0 Å². The molecular weight excluding hydrogens is 328 g/mol. The molecule has 0 aliphatic carbocycles. The maximum atomic E-state index is 6.04. The second kappa shape index (κ2) is 8.46. The molecule has 1 aliphatic rings. The van der Waals surface area contributed by atoms with Crippen molar-refractivity contribution in [3.63, 3.8) is 0 Å².